The molecule has 1 amide bonds. The van der Waals surface area contributed by atoms with Crippen LogP contribution in [0.5, 0.6) is 0 Å². The van der Waals surface area contributed by atoms with Gasteiger partial charge < -0.3 is 10.6 Å². The number of carbonyl (C=O) groups is 1. The third-order valence-corrected chi connectivity index (χ3v) is 4.86. The molecule has 2 rings (SSSR count). The van der Waals surface area contributed by atoms with Crippen molar-refractivity contribution in [1.29, 1.82) is 0 Å². The topological polar surface area (TPSA) is 44.4 Å². The summed E-state index contributed by atoms with van der Waals surface area (Å²) in [6.45, 7) is 9.11. The number of benzene rings is 1. The van der Waals surface area contributed by atoms with E-state index in [1.165, 1.54) is 5.56 Å². The molecule has 0 radical (unpaired) electrons. The summed E-state index contributed by atoms with van der Waals surface area (Å²) in [6.07, 6.45) is 2.90. The summed E-state index contributed by atoms with van der Waals surface area (Å²) in [5.41, 5.74) is 1.28. The Bertz CT molecular complexity index is 463. The molecule has 0 aliphatic carbocycles. The molecule has 1 aromatic carbocycles. The zero-order chi connectivity index (χ0) is 16.5. The van der Waals surface area contributed by atoms with Gasteiger partial charge in [-0.2, -0.15) is 0 Å². The predicted octanol–water partition coefficient (Wildman–Crippen LogP) is 3.42. The number of carbonyl (C=O) groups excluding carboxylic acids is 1. The Hall–Kier alpha value is -0.810. The van der Waals surface area contributed by atoms with Gasteiger partial charge in [-0.3, -0.25) is 9.69 Å². The number of halogens is 2. The highest BCUT2D eigenvalue weighted by molar-refractivity contribution is 5.85. The van der Waals surface area contributed by atoms with Crippen molar-refractivity contribution < 1.29 is 4.79 Å². The Morgan fingerprint density at radius 2 is 1.76 bits per heavy atom. The van der Waals surface area contributed by atoms with E-state index >= 15 is 0 Å². The van der Waals surface area contributed by atoms with Gasteiger partial charge in [-0.15, -0.1) is 24.8 Å². The molecule has 1 aromatic rings. The first kappa shape index (κ1) is 24.2. The summed E-state index contributed by atoms with van der Waals surface area (Å²) >= 11 is 0. The molecule has 1 unspecified atom stereocenters. The molecule has 1 fully saturated rings. The second-order valence-electron chi connectivity index (χ2n) is 6.35. The average molecular weight is 390 g/mol. The van der Waals surface area contributed by atoms with Crippen molar-refractivity contribution >= 4 is 30.7 Å². The number of nitrogens with one attached hydrogen (secondary N) is 2. The Morgan fingerprint density at radius 1 is 1.16 bits per heavy atom. The fourth-order valence-electron chi connectivity index (χ4n) is 3.43. The van der Waals surface area contributed by atoms with E-state index in [9.17, 15) is 4.79 Å². The molecule has 6 heteroatoms. The maximum atomic E-state index is 12.3. The molecule has 0 bridgehead atoms. The lowest BCUT2D eigenvalue weighted by Gasteiger charge is -2.30. The van der Waals surface area contributed by atoms with Crippen LogP contribution in [0, 0.1) is 5.92 Å². The molecular formula is C19H33Cl2N3O. The summed E-state index contributed by atoms with van der Waals surface area (Å²) in [5.74, 6) is 0.741. The first-order chi connectivity index (χ1) is 11.2. The van der Waals surface area contributed by atoms with Crippen molar-refractivity contribution in [2.24, 2.45) is 5.92 Å². The quantitative estimate of drug-likeness (QED) is 0.715. The second-order valence-corrected chi connectivity index (χ2v) is 6.35. The number of nitrogens with zero attached hydrogens (tertiary/aromatic N) is 1. The van der Waals surface area contributed by atoms with E-state index < -0.39 is 0 Å². The van der Waals surface area contributed by atoms with Crippen molar-refractivity contribution in [3.63, 3.8) is 0 Å². The normalized spacial score (nSPS) is 15.8. The van der Waals surface area contributed by atoms with Gasteiger partial charge in [-0.25, -0.2) is 0 Å². The molecule has 0 spiro atoms. The van der Waals surface area contributed by atoms with E-state index in [1.807, 2.05) is 6.07 Å². The van der Waals surface area contributed by atoms with E-state index in [2.05, 4.69) is 53.6 Å². The lowest BCUT2D eigenvalue weighted by Crippen LogP contribution is -2.39. The van der Waals surface area contributed by atoms with Gasteiger partial charge in [0.05, 0.1) is 6.04 Å². The van der Waals surface area contributed by atoms with Gasteiger partial charge in [-0.05, 0) is 50.5 Å². The number of hydrogen-bond acceptors (Lipinski definition) is 3. The van der Waals surface area contributed by atoms with Crippen LogP contribution in [-0.2, 0) is 4.79 Å². The molecular weight excluding hydrogens is 357 g/mol. The van der Waals surface area contributed by atoms with Crippen LogP contribution in [-0.4, -0.2) is 43.5 Å². The molecule has 1 aliphatic rings. The van der Waals surface area contributed by atoms with Crippen molar-refractivity contribution in [3.05, 3.63) is 35.9 Å². The Balaban J connectivity index is 0.00000288. The van der Waals surface area contributed by atoms with Crippen LogP contribution in [0.1, 0.15) is 44.7 Å². The van der Waals surface area contributed by atoms with Gasteiger partial charge in [0, 0.05) is 13.0 Å². The van der Waals surface area contributed by atoms with E-state index in [4.69, 9.17) is 0 Å². The van der Waals surface area contributed by atoms with Crippen LogP contribution < -0.4 is 10.6 Å². The van der Waals surface area contributed by atoms with Crippen LogP contribution in [0.4, 0.5) is 0 Å². The molecule has 0 aromatic heterocycles. The lowest BCUT2D eigenvalue weighted by atomic mass is 9.94. The molecule has 144 valence electrons. The minimum absolute atomic E-state index is 0. The van der Waals surface area contributed by atoms with Crippen LogP contribution in [0.2, 0.25) is 0 Å². The van der Waals surface area contributed by atoms with Gasteiger partial charge in [0.1, 0.15) is 0 Å². The highest BCUT2D eigenvalue weighted by Crippen LogP contribution is 2.20. The minimum Gasteiger partial charge on any atom is -0.354 e. The third kappa shape index (κ3) is 7.95. The third-order valence-electron chi connectivity index (χ3n) is 4.86. The number of rotatable bonds is 8. The highest BCUT2D eigenvalue weighted by atomic mass is 35.5. The van der Waals surface area contributed by atoms with E-state index in [-0.39, 0.29) is 36.8 Å². The Labute approximate surface area is 164 Å². The summed E-state index contributed by atoms with van der Waals surface area (Å²) in [4.78, 5) is 14.7. The number of amides is 1. The number of likely N-dealkylation sites (N-methyl/N-ethyl adjacent to an activating group) is 1. The standard InChI is InChI=1S/C19H31N3O.2ClH/c1-3-22(4-2)18(17-8-6-5-7-9-17)15-21-19(23)14-16-10-12-20-13-11-16;;/h5-9,16,18,20H,3-4,10-15H2,1-2H3,(H,21,23);2*1H. The zero-order valence-electron chi connectivity index (χ0n) is 15.4. The SMILES string of the molecule is CCN(CC)C(CNC(=O)CC1CCNCC1)c1ccccc1.Cl.Cl. The van der Waals surface area contributed by atoms with Gasteiger partial charge in [-0.1, -0.05) is 44.2 Å². The fraction of sp³-hybridized carbons (Fsp3) is 0.632. The summed E-state index contributed by atoms with van der Waals surface area (Å²) in [6, 6.07) is 10.7. The first-order valence-electron chi connectivity index (χ1n) is 9.01. The fourth-order valence-corrected chi connectivity index (χ4v) is 3.43. The first-order valence-corrected chi connectivity index (χ1v) is 9.01. The molecule has 1 saturated heterocycles. The summed E-state index contributed by atoms with van der Waals surface area (Å²) in [7, 11) is 0. The predicted molar refractivity (Wildman–Crippen MR) is 110 cm³/mol. The lowest BCUT2D eigenvalue weighted by molar-refractivity contribution is -0.122. The molecule has 1 heterocycles. The highest BCUT2D eigenvalue weighted by Gasteiger charge is 2.20. The van der Waals surface area contributed by atoms with Crippen molar-refractivity contribution in [2.75, 3.05) is 32.7 Å². The summed E-state index contributed by atoms with van der Waals surface area (Å²) < 4.78 is 0. The monoisotopic (exact) mass is 389 g/mol. The van der Waals surface area contributed by atoms with Crippen molar-refractivity contribution in [1.82, 2.24) is 15.5 Å². The van der Waals surface area contributed by atoms with Gasteiger partial charge in [0.25, 0.3) is 0 Å². The largest absolute Gasteiger partial charge is 0.354 e. The minimum atomic E-state index is 0. The Kier molecular flexibility index (Phi) is 13.0. The molecule has 2 N–H and O–H groups in total. The maximum absolute atomic E-state index is 12.3. The summed E-state index contributed by atoms with van der Waals surface area (Å²) in [5, 5.41) is 6.53. The number of piperidine rings is 1. The molecule has 25 heavy (non-hydrogen) atoms. The maximum Gasteiger partial charge on any atom is 0.220 e. The molecule has 0 saturated carbocycles. The zero-order valence-corrected chi connectivity index (χ0v) is 17.0. The smallest absolute Gasteiger partial charge is 0.220 e. The second kappa shape index (κ2) is 13.4. The number of hydrogen-bond donors (Lipinski definition) is 2. The van der Waals surface area contributed by atoms with E-state index in [1.54, 1.807) is 0 Å². The molecule has 4 nitrogen and oxygen atoms in total. The van der Waals surface area contributed by atoms with Crippen molar-refractivity contribution in [3.8, 4) is 0 Å². The Morgan fingerprint density at radius 3 is 2.32 bits per heavy atom. The molecule has 1 aliphatic heterocycles. The van der Waals surface area contributed by atoms with Gasteiger partial charge >= 0.3 is 0 Å². The van der Waals surface area contributed by atoms with E-state index in [0.717, 1.165) is 39.0 Å². The molecule has 1 atom stereocenters. The van der Waals surface area contributed by atoms with Gasteiger partial charge in [0.15, 0.2) is 0 Å². The van der Waals surface area contributed by atoms with Crippen LogP contribution in [0.3, 0.4) is 0 Å². The van der Waals surface area contributed by atoms with Crippen LogP contribution in [0.25, 0.3) is 0 Å². The van der Waals surface area contributed by atoms with E-state index in [0.29, 0.717) is 18.9 Å². The van der Waals surface area contributed by atoms with Crippen LogP contribution >= 0.6 is 24.8 Å². The van der Waals surface area contributed by atoms with Crippen molar-refractivity contribution in [2.45, 2.75) is 39.2 Å². The van der Waals surface area contributed by atoms with Crippen LogP contribution in [0.15, 0.2) is 30.3 Å². The van der Waals surface area contributed by atoms with Gasteiger partial charge in [0.2, 0.25) is 5.91 Å². The average Bonchev–Trinajstić information content (AvgIpc) is 2.60.